The molecule has 12 unspecified atom stereocenters. The molecule has 16 N–H and O–H groups in total. The van der Waals surface area contributed by atoms with E-state index in [0.717, 1.165) is 133 Å². The van der Waals surface area contributed by atoms with E-state index < -0.39 is 306 Å². The third kappa shape index (κ3) is 23.4. The number of aliphatic hydroxyl groups is 1. The second kappa shape index (κ2) is 42.7. The van der Waals surface area contributed by atoms with Crippen molar-refractivity contribution in [1.82, 2.24) is 67.3 Å². The largest absolute Gasteiger partial charge is 0.472 e. The summed E-state index contributed by atoms with van der Waals surface area (Å²) >= 11 is 10.9. The van der Waals surface area contributed by atoms with Crippen molar-refractivity contribution in [2.75, 3.05) is 100 Å². The topological polar surface area (TPSA) is 811 Å². The average molecular weight is 2090 g/mol. The first kappa shape index (κ1) is 104. The molecule has 7 aliphatic heterocycles. The highest BCUT2D eigenvalue weighted by Crippen LogP contribution is 2.59. The molecule has 32 atom stereocenters. The SMILES string of the molecule is CO[C@H]1C(OP(=O)(O)OC[C@H]2O[C@@H](n3cnc4c(=O)[nH]c(N)nc43)[C@@H](OC)C2OP(=O)(O)OC[C@H]2O[C@@H](n3ccc(N)nc3=O)[C@@H](OC)C2OP(=O)(O)OC[C@H]2O[C@@H](n3ccc(=O)[nH]c3=O)[C@@H](OC)C2OP(=O)(O)OC[C@H]2O[C@@H](n3ccc(=O)[nH]c3=O)[C@@H](OC)C2OP(O)(=S)OC[C@H]2O[C@@H](n3ccc(=O)[nH]c3=O)[C@@H](OC)C2OP(O)(=S)O[C@H]2CCO[C@H]2CO)[C@@H](C)O[C@H]1n1ccc(=O)[nH]c1=O. The van der Waals surface area contributed by atoms with Crippen LogP contribution in [0.15, 0.2) is 116 Å². The van der Waals surface area contributed by atoms with E-state index >= 15 is 0 Å². The molecule has 0 spiro atoms. The monoisotopic (exact) mass is 2090 g/mol. The summed E-state index contributed by atoms with van der Waals surface area (Å²) in [4.78, 5) is 222. The number of hydrogen-bond acceptors (Lipinski definition) is 47. The van der Waals surface area contributed by atoms with Gasteiger partial charge in [-0.25, -0.2) is 47.2 Å². The van der Waals surface area contributed by atoms with Gasteiger partial charge in [0, 0.05) is 111 Å². The zero-order valence-corrected chi connectivity index (χ0v) is 78.2. The van der Waals surface area contributed by atoms with Crippen molar-refractivity contribution < 1.29 is 169 Å². The number of nitrogens with zero attached hydrogens (tertiary/aromatic N) is 9. The number of aromatic amines is 5. The molecular formula is C66H90N16O46P6S2. The molecule has 752 valence electrons. The lowest BCUT2D eigenvalue weighted by Crippen LogP contribution is -2.41. The first-order valence-corrected chi connectivity index (χ1v) is 51.1. The Hall–Kier alpha value is -7.51. The molecular weight excluding hydrogens is 2000 g/mol. The third-order valence-electron chi connectivity index (χ3n) is 22.0. The molecule has 0 aromatic carbocycles. The fourth-order valence-electron chi connectivity index (χ4n) is 15.9. The molecule has 0 saturated carbocycles. The third-order valence-corrected chi connectivity index (χ3v) is 29.0. The summed E-state index contributed by atoms with van der Waals surface area (Å²) in [6, 6.07) is 4.78. The van der Waals surface area contributed by atoms with Crippen LogP contribution in [0.2, 0.25) is 0 Å². The number of fused-ring (bicyclic) bond motifs is 1. The minimum absolute atomic E-state index is 0.0922. The van der Waals surface area contributed by atoms with E-state index in [1.54, 1.807) is 0 Å². The number of rotatable bonds is 42. The summed E-state index contributed by atoms with van der Waals surface area (Å²) in [7, 11) is -16.8. The smallest absolute Gasteiger partial charge is 0.394 e. The van der Waals surface area contributed by atoms with Gasteiger partial charge in [0.25, 0.3) is 27.8 Å². The Morgan fingerprint density at radius 1 is 0.404 bits per heavy atom. The first-order valence-electron chi connectivity index (χ1n) is 39.9. The molecule has 62 nitrogen and oxygen atoms in total. The molecule has 14 rings (SSSR count). The van der Waals surface area contributed by atoms with Crippen LogP contribution >= 0.6 is 44.7 Å². The zero-order chi connectivity index (χ0) is 98.3. The van der Waals surface area contributed by atoms with Crippen molar-refractivity contribution in [1.29, 1.82) is 0 Å². The van der Waals surface area contributed by atoms with Crippen LogP contribution in [0.25, 0.3) is 11.2 Å². The number of nitrogen functional groups attached to an aromatic ring is 2. The van der Waals surface area contributed by atoms with E-state index in [4.69, 9.17) is 151 Å². The number of aromatic nitrogens is 14. The van der Waals surface area contributed by atoms with Gasteiger partial charge in [-0.15, -0.1) is 0 Å². The van der Waals surface area contributed by atoms with Crippen molar-refractivity contribution in [3.05, 3.63) is 172 Å². The van der Waals surface area contributed by atoms with E-state index in [1.165, 1.54) is 6.92 Å². The Balaban J connectivity index is 0.705. The number of nitrogens with one attached hydrogen (secondary N) is 5. The van der Waals surface area contributed by atoms with Crippen molar-refractivity contribution >= 4 is 91.3 Å². The number of nitrogens with two attached hydrogens (primary N) is 2. The van der Waals surface area contributed by atoms with Gasteiger partial charge in [0.1, 0.15) is 116 Å². The predicted octanol–water partition coefficient (Wildman–Crippen LogP) is -5.37. The van der Waals surface area contributed by atoms with Crippen LogP contribution in [0.5, 0.6) is 0 Å². The van der Waals surface area contributed by atoms with Gasteiger partial charge in [-0.05, 0) is 36.6 Å². The summed E-state index contributed by atoms with van der Waals surface area (Å²) in [5.41, 5.74) is 1.33. The summed E-state index contributed by atoms with van der Waals surface area (Å²) in [5, 5.41) is 9.92. The molecule has 70 heteroatoms. The van der Waals surface area contributed by atoms with Crippen molar-refractivity contribution in [2.24, 2.45) is 0 Å². The number of ether oxygens (including phenoxy) is 13. The van der Waals surface area contributed by atoms with Gasteiger partial charge in [0.15, 0.2) is 48.5 Å². The number of phosphoric ester groups is 4. The molecule has 0 amide bonds. The number of H-pyrrole nitrogens is 5. The minimum Gasteiger partial charge on any atom is -0.394 e. The molecule has 7 aromatic heterocycles. The van der Waals surface area contributed by atoms with Gasteiger partial charge in [-0.2, -0.15) is 9.97 Å². The van der Waals surface area contributed by atoms with Crippen LogP contribution < -0.4 is 67.7 Å². The number of hydrogen-bond donors (Lipinski definition) is 14. The maximum atomic E-state index is 14.8. The highest BCUT2D eigenvalue weighted by Gasteiger charge is 2.59. The number of methoxy groups -OCH3 is 6. The lowest BCUT2D eigenvalue weighted by atomic mass is 10.1. The second-order valence-electron chi connectivity index (χ2n) is 30.4. The van der Waals surface area contributed by atoms with Crippen LogP contribution in [-0.4, -0.2) is 313 Å². The molecule has 7 aliphatic rings. The van der Waals surface area contributed by atoms with Crippen LogP contribution in [0, 0.1) is 0 Å². The molecule has 0 bridgehead atoms. The predicted molar refractivity (Wildman–Crippen MR) is 452 cm³/mol. The van der Waals surface area contributed by atoms with Crippen LogP contribution in [0.1, 0.15) is 50.7 Å². The van der Waals surface area contributed by atoms with Gasteiger partial charge < -0.3 is 117 Å². The summed E-state index contributed by atoms with van der Waals surface area (Å²) in [5.74, 6) is -0.759. The van der Waals surface area contributed by atoms with E-state index in [1.807, 2.05) is 9.97 Å². The molecule has 0 radical (unpaired) electrons. The second-order valence-corrected chi connectivity index (χ2v) is 41.5. The van der Waals surface area contributed by atoms with E-state index in [-0.39, 0.29) is 30.0 Å². The Morgan fingerprint density at radius 3 is 1.09 bits per heavy atom. The summed E-state index contributed by atoms with van der Waals surface area (Å²) in [6.45, 7) is -14.5. The lowest BCUT2D eigenvalue weighted by molar-refractivity contribution is -0.0681. The number of anilines is 2. The Morgan fingerprint density at radius 2 is 0.728 bits per heavy atom. The van der Waals surface area contributed by atoms with Crippen molar-refractivity contribution in [3.63, 3.8) is 0 Å². The Kier molecular flexibility index (Phi) is 32.8. The van der Waals surface area contributed by atoms with Crippen LogP contribution in [-0.2, 0) is 158 Å². The fraction of sp³-hybridized carbons (Fsp3) is 0.621. The van der Waals surface area contributed by atoms with Crippen LogP contribution in [0.3, 0.4) is 0 Å². The summed E-state index contributed by atoms with van der Waals surface area (Å²) in [6.07, 6.45) is -37.9. The normalized spacial score (nSPS) is 32.9. The minimum atomic E-state index is -5.94. The number of aliphatic hydroxyl groups excluding tert-OH is 1. The van der Waals surface area contributed by atoms with Gasteiger partial charge in [0.05, 0.1) is 58.2 Å². The van der Waals surface area contributed by atoms with Crippen LogP contribution in [0.4, 0.5) is 11.8 Å². The fourth-order valence-corrected chi connectivity index (χ4v) is 23.1. The highest BCUT2D eigenvalue weighted by molar-refractivity contribution is 8.07. The number of imidazole rings is 1. The summed E-state index contributed by atoms with van der Waals surface area (Å²) < 4.78 is 208. The van der Waals surface area contributed by atoms with Gasteiger partial charge in [-0.1, -0.05) is 0 Å². The standard InChI is InChI=1S/C66H90N16O46P6S2/c1-27-41(47(104-2)55(116-27)78-15-9-36(84)71-63(78)90)123-129(94,95)111-23-32-44(50(107-5)60(121-32)82-26-69-40-53(82)75-61(68)76-54(40)88)126-131(98,99)113-21-30-42(48(105-3)56(117-30)77-14-8-35(67)70-62(77)89)124-130(96,97)112-22-31-43(49(106-4)57(118-31)79-16-10-37(85)72-64(79)91)125-132(100,101)114-24-33-45(51(108-6)58(119-33)80-17-11-38(86)73-65(80)92)127-133(102,135)115-25-34-46(128-134(103,136)122-28-13-19-110-29(28)20-83)52(109-7)59(120-34)81-18-12-39(87)74-66(81)93/h8-12,14-18,26-34,41-52,55-60,83H,13,19-25H2,1-7H3,(H,94,95)(H,96,97)(H,98,99)(H,100,101)(H,102,135)(H,103,136)(H2,67,70,89)(H,71,84,90)(H,72,85,91)(H,73,86,92)(H,74,87,93)(H3,68,75,76,88)/t27-,28+,29+,30-,31-,32-,33-,34-,41?,42?,43?,44?,45?,46?,47+,48+,49+,50+,51+,52+,55-,56-,57-,58-,59-,60-,133?,134?/m1/s1. The maximum absolute atomic E-state index is 14.8. The van der Waals surface area contributed by atoms with Crippen molar-refractivity contribution in [3.8, 4) is 0 Å². The van der Waals surface area contributed by atoms with E-state index in [9.17, 15) is 101 Å². The first-order chi connectivity index (χ1) is 64.3. The quantitative estimate of drug-likeness (QED) is 0.0159. The maximum Gasteiger partial charge on any atom is 0.472 e. The molecule has 0 aliphatic carbocycles. The van der Waals surface area contributed by atoms with Gasteiger partial charge in [-0.3, -0.25) is 122 Å². The van der Waals surface area contributed by atoms with E-state index in [0.29, 0.717) is 4.57 Å². The molecule has 136 heavy (non-hydrogen) atoms. The van der Waals surface area contributed by atoms with Gasteiger partial charge >= 0.3 is 73.2 Å². The molecule has 7 aromatic rings. The molecule has 14 heterocycles. The van der Waals surface area contributed by atoms with Gasteiger partial charge in [0.2, 0.25) is 5.95 Å². The Labute approximate surface area is 768 Å². The van der Waals surface area contributed by atoms with Crippen molar-refractivity contribution in [2.45, 2.75) is 173 Å². The average Bonchev–Trinajstić information content (AvgIpc) is 1.61. The Bertz CT molecular complexity index is 6440. The molecule has 7 saturated heterocycles. The van der Waals surface area contributed by atoms with E-state index in [2.05, 4.69) is 29.9 Å². The molecule has 7 fully saturated rings. The zero-order valence-electron chi connectivity index (χ0n) is 71.3. The highest BCUT2D eigenvalue weighted by atomic mass is 32.5. The lowest BCUT2D eigenvalue weighted by Gasteiger charge is -2.30. The number of phosphoric acid groups is 4.